The Balaban J connectivity index is 1.52. The lowest BCUT2D eigenvalue weighted by molar-refractivity contribution is 0.591. The van der Waals surface area contributed by atoms with E-state index < -0.39 is 0 Å². The molecule has 0 bridgehead atoms. The van der Waals surface area contributed by atoms with Crippen molar-refractivity contribution in [2.45, 2.75) is 38.9 Å². The van der Waals surface area contributed by atoms with E-state index in [0.29, 0.717) is 12.4 Å². The summed E-state index contributed by atoms with van der Waals surface area (Å²) >= 11 is 1.51. The van der Waals surface area contributed by atoms with Crippen molar-refractivity contribution in [3.63, 3.8) is 0 Å². The molecule has 2 aromatic heterocycles. The predicted molar refractivity (Wildman–Crippen MR) is 110 cm³/mol. The van der Waals surface area contributed by atoms with Crippen molar-refractivity contribution < 1.29 is 4.39 Å². The predicted octanol–water partition coefficient (Wildman–Crippen LogP) is 3.25. The molecular weight excluding hydrogens is 377 g/mol. The molecule has 2 unspecified atom stereocenters. The highest BCUT2D eigenvalue weighted by Gasteiger charge is 2.31. The minimum Gasteiger partial charge on any atom is -0.301 e. The topological polar surface area (TPSA) is 77.3 Å². The highest BCUT2D eigenvalue weighted by Crippen LogP contribution is 2.32. The van der Waals surface area contributed by atoms with Crippen molar-refractivity contribution in [1.82, 2.24) is 19.6 Å². The summed E-state index contributed by atoms with van der Waals surface area (Å²) in [6.07, 6.45) is 1.87. The lowest BCUT2D eigenvalue weighted by Crippen LogP contribution is -2.32. The van der Waals surface area contributed by atoms with Crippen LogP contribution in [0, 0.1) is 19.7 Å². The van der Waals surface area contributed by atoms with Crippen LogP contribution in [-0.2, 0) is 6.54 Å². The zero-order valence-corrected chi connectivity index (χ0v) is 16.8. The third-order valence-electron chi connectivity index (χ3n) is 4.58. The summed E-state index contributed by atoms with van der Waals surface area (Å²) < 4.78 is 16.8. The zero-order chi connectivity index (χ0) is 19.8. The number of thioether (sulfide) groups is 1. The Morgan fingerprint density at radius 2 is 1.93 bits per heavy atom. The van der Waals surface area contributed by atoms with Gasteiger partial charge in [-0.3, -0.25) is 9.36 Å². The Morgan fingerprint density at radius 1 is 1.18 bits per heavy atom. The second kappa shape index (κ2) is 7.40. The van der Waals surface area contributed by atoms with Gasteiger partial charge >= 0.3 is 0 Å². The average Bonchev–Trinajstić information content (AvgIpc) is 3.35. The van der Waals surface area contributed by atoms with Gasteiger partial charge in [-0.1, -0.05) is 23.9 Å². The second-order valence-corrected chi connectivity index (χ2v) is 7.97. The fourth-order valence-electron chi connectivity index (χ4n) is 3.20. The number of hydrogen-bond acceptors (Lipinski definition) is 6. The van der Waals surface area contributed by atoms with Gasteiger partial charge in [-0.25, -0.2) is 9.40 Å². The number of aryl methyl sites for hydroxylation is 2. The van der Waals surface area contributed by atoms with Crippen LogP contribution in [0.1, 0.15) is 29.9 Å². The molecule has 146 valence electrons. The first-order chi connectivity index (χ1) is 13.4. The van der Waals surface area contributed by atoms with Gasteiger partial charge in [0.25, 0.3) is 0 Å². The Bertz CT molecular complexity index is 1010. The van der Waals surface area contributed by atoms with Crippen molar-refractivity contribution in [3.05, 3.63) is 65.4 Å². The molecular formula is C19H22FN7S. The van der Waals surface area contributed by atoms with Gasteiger partial charge in [0.05, 0.1) is 18.3 Å². The van der Waals surface area contributed by atoms with Gasteiger partial charge in [0.1, 0.15) is 10.9 Å². The van der Waals surface area contributed by atoms with Gasteiger partial charge in [-0.2, -0.15) is 15.3 Å². The molecule has 9 heteroatoms. The van der Waals surface area contributed by atoms with E-state index in [-0.39, 0.29) is 17.4 Å². The number of nitrogens with two attached hydrogens (primary N) is 1. The van der Waals surface area contributed by atoms with Crippen LogP contribution in [0.5, 0.6) is 0 Å². The molecule has 4 rings (SSSR count). The molecule has 1 aromatic carbocycles. The standard InChI is InChI=1S/C19H22FN7S/c1-12-10-13(2)26(22-12)14(3)18-24-27(19(21)28-18)17-8-9-25(23-17)11-15-4-6-16(20)7-5-15/h4-10,14,19H,11,21H2,1-3H3. The van der Waals surface area contributed by atoms with Gasteiger partial charge in [-0.15, -0.1) is 0 Å². The molecule has 1 aliphatic rings. The Morgan fingerprint density at radius 3 is 2.61 bits per heavy atom. The SMILES string of the molecule is Cc1cc(C)n(C(C)C2=NN(c3ccn(Cc4ccc(F)cc4)n3)C(N)S2)n1. The average molecular weight is 399 g/mol. The third kappa shape index (κ3) is 3.67. The smallest absolute Gasteiger partial charge is 0.173 e. The number of anilines is 1. The zero-order valence-electron chi connectivity index (χ0n) is 16.0. The maximum Gasteiger partial charge on any atom is 0.173 e. The number of rotatable bonds is 5. The second-order valence-electron chi connectivity index (χ2n) is 6.84. The molecule has 0 spiro atoms. The van der Waals surface area contributed by atoms with Crippen LogP contribution >= 0.6 is 11.8 Å². The molecule has 0 saturated carbocycles. The molecule has 0 radical (unpaired) electrons. The van der Waals surface area contributed by atoms with Crippen molar-refractivity contribution in [2.24, 2.45) is 10.8 Å². The van der Waals surface area contributed by atoms with Crippen LogP contribution in [0.25, 0.3) is 0 Å². The molecule has 3 aromatic rings. The first-order valence-corrected chi connectivity index (χ1v) is 9.89. The largest absolute Gasteiger partial charge is 0.301 e. The normalized spacial score (nSPS) is 17.8. The van der Waals surface area contributed by atoms with E-state index in [9.17, 15) is 4.39 Å². The summed E-state index contributed by atoms with van der Waals surface area (Å²) in [6.45, 7) is 6.63. The van der Waals surface area contributed by atoms with E-state index in [0.717, 1.165) is 22.0 Å². The minimum absolute atomic E-state index is 0.00366. The summed E-state index contributed by atoms with van der Waals surface area (Å²) in [7, 11) is 0. The Kier molecular flexibility index (Phi) is 4.94. The molecule has 28 heavy (non-hydrogen) atoms. The molecule has 7 nitrogen and oxygen atoms in total. The van der Waals surface area contributed by atoms with Crippen LogP contribution in [0.3, 0.4) is 0 Å². The molecule has 0 amide bonds. The highest BCUT2D eigenvalue weighted by atomic mass is 32.2. The fraction of sp³-hybridized carbons (Fsp3) is 0.316. The summed E-state index contributed by atoms with van der Waals surface area (Å²) in [5.74, 6) is 0.432. The lowest BCUT2D eigenvalue weighted by atomic mass is 10.2. The fourth-order valence-corrected chi connectivity index (χ4v) is 4.14. The van der Waals surface area contributed by atoms with E-state index in [2.05, 4.69) is 17.1 Å². The van der Waals surface area contributed by atoms with Crippen molar-refractivity contribution in [2.75, 3.05) is 5.01 Å². The molecule has 3 heterocycles. The number of hydrogen-bond donors (Lipinski definition) is 1. The van der Waals surface area contributed by atoms with Gasteiger partial charge in [-0.05, 0) is 44.5 Å². The molecule has 0 fully saturated rings. The van der Waals surface area contributed by atoms with E-state index >= 15 is 0 Å². The lowest BCUT2D eigenvalue weighted by Gasteiger charge is -2.15. The molecule has 2 N–H and O–H groups in total. The van der Waals surface area contributed by atoms with Crippen LogP contribution in [0.4, 0.5) is 10.2 Å². The third-order valence-corrected chi connectivity index (χ3v) is 5.68. The van der Waals surface area contributed by atoms with Crippen molar-refractivity contribution in [1.29, 1.82) is 0 Å². The van der Waals surface area contributed by atoms with Gasteiger partial charge < -0.3 is 5.73 Å². The van der Waals surface area contributed by atoms with Gasteiger partial charge in [0.2, 0.25) is 0 Å². The maximum absolute atomic E-state index is 13.1. The quantitative estimate of drug-likeness (QED) is 0.713. The van der Waals surface area contributed by atoms with Crippen LogP contribution in [0.2, 0.25) is 0 Å². The summed E-state index contributed by atoms with van der Waals surface area (Å²) in [6, 6.07) is 10.3. The number of halogens is 1. The summed E-state index contributed by atoms with van der Waals surface area (Å²) in [5, 5.41) is 16.4. The van der Waals surface area contributed by atoms with Crippen molar-refractivity contribution >= 4 is 22.6 Å². The first-order valence-electron chi connectivity index (χ1n) is 9.01. The minimum atomic E-state index is -0.344. The van der Waals surface area contributed by atoms with Gasteiger partial charge in [0, 0.05) is 18.0 Å². The van der Waals surface area contributed by atoms with Gasteiger partial charge in [0.15, 0.2) is 11.3 Å². The number of hydrazone groups is 1. The first kappa shape index (κ1) is 18.7. The number of aromatic nitrogens is 4. The Labute approximate surface area is 167 Å². The molecule has 0 saturated heterocycles. The van der Waals surface area contributed by atoms with E-state index in [1.54, 1.807) is 21.8 Å². The number of nitrogens with zero attached hydrogens (tertiary/aromatic N) is 6. The van der Waals surface area contributed by atoms with Crippen LogP contribution < -0.4 is 10.7 Å². The molecule has 0 aliphatic carbocycles. The monoisotopic (exact) mass is 399 g/mol. The van der Waals surface area contributed by atoms with Crippen molar-refractivity contribution in [3.8, 4) is 0 Å². The van der Waals surface area contributed by atoms with Crippen LogP contribution in [0.15, 0.2) is 47.7 Å². The van der Waals surface area contributed by atoms with E-state index in [4.69, 9.17) is 10.8 Å². The van der Waals surface area contributed by atoms with Crippen LogP contribution in [-0.4, -0.2) is 30.1 Å². The maximum atomic E-state index is 13.1. The highest BCUT2D eigenvalue weighted by molar-refractivity contribution is 8.14. The Hall–Kier alpha value is -2.65. The number of benzene rings is 1. The van der Waals surface area contributed by atoms with E-state index in [1.807, 2.05) is 36.9 Å². The summed E-state index contributed by atoms with van der Waals surface area (Å²) in [5.41, 5.74) is 8.99. The molecule has 1 aliphatic heterocycles. The van der Waals surface area contributed by atoms with E-state index in [1.165, 1.54) is 23.9 Å². The molecule has 2 atom stereocenters. The summed E-state index contributed by atoms with van der Waals surface area (Å²) in [4.78, 5) is 0.